The molecule has 0 aromatic heterocycles. The molecular weight excluding hydrogens is 432 g/mol. The van der Waals surface area contributed by atoms with Gasteiger partial charge in [0.25, 0.3) is 0 Å². The lowest BCUT2D eigenvalue weighted by Crippen LogP contribution is -2.17. The van der Waals surface area contributed by atoms with E-state index in [1.165, 1.54) is 13.2 Å². The van der Waals surface area contributed by atoms with Gasteiger partial charge in [-0.15, -0.1) is 0 Å². The minimum atomic E-state index is -2.91. The van der Waals surface area contributed by atoms with E-state index in [0.717, 1.165) is 26.4 Å². The molecule has 0 aliphatic heterocycles. The van der Waals surface area contributed by atoms with E-state index >= 15 is 0 Å². The first-order valence-corrected chi connectivity index (χ1v) is 9.37. The van der Waals surface area contributed by atoms with Crippen LogP contribution in [0.4, 0.5) is 8.78 Å². The molecule has 0 bridgehead atoms. The Bertz CT molecular complexity index is 981. The van der Waals surface area contributed by atoms with Crippen molar-refractivity contribution in [1.29, 1.82) is 0 Å². The number of fused-ring (bicyclic) bond motifs is 1. The molecule has 0 atom stereocenters. The smallest absolute Gasteiger partial charge is 0.387 e. The van der Waals surface area contributed by atoms with Crippen LogP contribution >= 0.6 is 15.9 Å². The van der Waals surface area contributed by atoms with Crippen molar-refractivity contribution in [3.63, 3.8) is 0 Å². The van der Waals surface area contributed by atoms with E-state index in [-0.39, 0.29) is 17.2 Å². The van der Waals surface area contributed by atoms with E-state index in [0.29, 0.717) is 13.1 Å². The lowest BCUT2D eigenvalue weighted by molar-refractivity contribution is -0.0512. The lowest BCUT2D eigenvalue weighted by Gasteiger charge is -2.20. The van der Waals surface area contributed by atoms with E-state index in [9.17, 15) is 13.9 Å². The number of hydrogen-bond donors (Lipinski definition) is 1. The monoisotopic (exact) mass is 451 g/mol. The summed E-state index contributed by atoms with van der Waals surface area (Å²) < 4.78 is 35.5. The Morgan fingerprint density at radius 1 is 1.04 bits per heavy atom. The maximum atomic E-state index is 12.5. The normalized spacial score (nSPS) is 11.4. The zero-order chi connectivity index (χ0) is 20.3. The van der Waals surface area contributed by atoms with Crippen LogP contribution in [0.15, 0.2) is 53.0 Å². The third kappa shape index (κ3) is 4.72. The maximum absolute atomic E-state index is 12.5. The van der Waals surface area contributed by atoms with Gasteiger partial charge < -0.3 is 14.6 Å². The van der Waals surface area contributed by atoms with Crippen LogP contribution in [0, 0.1) is 0 Å². The second kappa shape index (κ2) is 8.75. The summed E-state index contributed by atoms with van der Waals surface area (Å²) >= 11 is 3.46. The van der Waals surface area contributed by atoms with Crippen LogP contribution in [0.25, 0.3) is 10.8 Å². The van der Waals surface area contributed by atoms with Gasteiger partial charge >= 0.3 is 6.61 Å². The molecule has 0 fully saturated rings. The van der Waals surface area contributed by atoms with Crippen molar-refractivity contribution in [2.45, 2.75) is 19.7 Å². The highest BCUT2D eigenvalue weighted by molar-refractivity contribution is 9.10. The lowest BCUT2D eigenvalue weighted by atomic mass is 10.0. The number of hydrogen-bond acceptors (Lipinski definition) is 4. The molecule has 3 rings (SSSR count). The zero-order valence-electron chi connectivity index (χ0n) is 15.5. The number of phenols is 1. The topological polar surface area (TPSA) is 41.9 Å². The molecule has 0 saturated carbocycles. The van der Waals surface area contributed by atoms with Gasteiger partial charge in [-0.1, -0.05) is 34.1 Å². The first kappa shape index (κ1) is 20.4. The van der Waals surface area contributed by atoms with Crippen molar-refractivity contribution in [2.75, 3.05) is 14.2 Å². The first-order valence-electron chi connectivity index (χ1n) is 8.57. The molecule has 148 valence electrons. The number of halogens is 3. The molecule has 0 aliphatic rings. The fraction of sp³-hybridized carbons (Fsp3) is 0.238. The highest BCUT2D eigenvalue weighted by atomic mass is 79.9. The Kier molecular flexibility index (Phi) is 6.36. The first-order chi connectivity index (χ1) is 13.4. The number of nitrogens with zero attached hydrogens (tertiary/aromatic N) is 1. The highest BCUT2D eigenvalue weighted by Gasteiger charge is 2.14. The van der Waals surface area contributed by atoms with Crippen molar-refractivity contribution >= 4 is 26.7 Å². The van der Waals surface area contributed by atoms with Gasteiger partial charge in [0, 0.05) is 23.1 Å². The van der Waals surface area contributed by atoms with E-state index < -0.39 is 6.61 Å². The number of alkyl halides is 2. The van der Waals surface area contributed by atoms with Crippen molar-refractivity contribution in [2.24, 2.45) is 0 Å². The summed E-state index contributed by atoms with van der Waals surface area (Å²) in [6.07, 6.45) is 0. The Morgan fingerprint density at radius 3 is 2.54 bits per heavy atom. The molecular formula is C21H20BrF2NO3. The molecule has 0 unspecified atom stereocenters. The predicted octanol–water partition coefficient (Wildman–Crippen LogP) is 5.55. The average Bonchev–Trinajstić information content (AvgIpc) is 2.65. The third-order valence-electron chi connectivity index (χ3n) is 4.39. The molecule has 7 heteroatoms. The molecule has 0 amide bonds. The Labute approximate surface area is 170 Å². The van der Waals surface area contributed by atoms with Gasteiger partial charge in [-0.25, -0.2) is 0 Å². The van der Waals surface area contributed by atoms with E-state index in [4.69, 9.17) is 4.74 Å². The SMILES string of the molecule is COc1cc(CN(C)Cc2c(O)ccc3cc(Br)ccc23)ccc1OC(F)F. The Hall–Kier alpha value is -2.38. The average molecular weight is 452 g/mol. The quantitative estimate of drug-likeness (QED) is 0.511. The van der Waals surface area contributed by atoms with E-state index in [1.807, 2.05) is 36.2 Å². The van der Waals surface area contributed by atoms with Gasteiger partial charge in [-0.2, -0.15) is 8.78 Å². The summed E-state index contributed by atoms with van der Waals surface area (Å²) in [5.74, 6) is 0.491. The van der Waals surface area contributed by atoms with Gasteiger partial charge in [0.05, 0.1) is 7.11 Å². The highest BCUT2D eigenvalue weighted by Crippen LogP contribution is 2.32. The van der Waals surface area contributed by atoms with Crippen molar-refractivity contribution in [3.05, 3.63) is 64.1 Å². The molecule has 4 nitrogen and oxygen atoms in total. The van der Waals surface area contributed by atoms with E-state index in [2.05, 4.69) is 20.7 Å². The standard InChI is InChI=1S/C21H20BrF2NO3/c1-25(11-13-3-8-19(28-21(23)24)20(9-13)27-2)12-17-16-6-5-15(22)10-14(16)4-7-18(17)26/h3-10,21,26H,11-12H2,1-2H3. The fourth-order valence-corrected chi connectivity index (χ4v) is 3.54. The predicted molar refractivity (Wildman–Crippen MR) is 108 cm³/mol. The van der Waals surface area contributed by atoms with Gasteiger partial charge in [-0.3, -0.25) is 4.90 Å². The van der Waals surface area contributed by atoms with Crippen LogP contribution in [0.5, 0.6) is 17.2 Å². The van der Waals surface area contributed by atoms with Crippen LogP contribution in [0.3, 0.4) is 0 Å². The van der Waals surface area contributed by atoms with E-state index in [1.54, 1.807) is 18.2 Å². The minimum absolute atomic E-state index is 0.00109. The summed E-state index contributed by atoms with van der Waals surface area (Å²) in [6.45, 7) is -1.85. The number of aromatic hydroxyl groups is 1. The summed E-state index contributed by atoms with van der Waals surface area (Å²) in [7, 11) is 3.33. The second-order valence-electron chi connectivity index (χ2n) is 6.46. The van der Waals surface area contributed by atoms with Gasteiger partial charge in [0.1, 0.15) is 5.75 Å². The fourth-order valence-electron chi connectivity index (χ4n) is 3.16. The van der Waals surface area contributed by atoms with Crippen LogP contribution in [-0.4, -0.2) is 30.8 Å². The van der Waals surface area contributed by atoms with Crippen LogP contribution in [0.1, 0.15) is 11.1 Å². The van der Waals surface area contributed by atoms with Crippen LogP contribution < -0.4 is 9.47 Å². The summed E-state index contributed by atoms with van der Waals surface area (Å²) in [5.41, 5.74) is 1.71. The van der Waals surface area contributed by atoms with Crippen molar-refractivity contribution in [3.8, 4) is 17.2 Å². The molecule has 1 N–H and O–H groups in total. The maximum Gasteiger partial charge on any atom is 0.387 e. The molecule has 0 spiro atoms. The molecule has 28 heavy (non-hydrogen) atoms. The molecule has 0 aliphatic carbocycles. The number of phenolic OH excluding ortho intramolecular Hbond substituents is 1. The summed E-state index contributed by atoms with van der Waals surface area (Å²) in [5, 5.41) is 12.4. The molecule has 0 saturated heterocycles. The third-order valence-corrected chi connectivity index (χ3v) is 4.89. The number of methoxy groups -OCH3 is 1. The second-order valence-corrected chi connectivity index (χ2v) is 7.38. The Balaban J connectivity index is 1.80. The minimum Gasteiger partial charge on any atom is -0.508 e. The zero-order valence-corrected chi connectivity index (χ0v) is 17.0. The summed E-state index contributed by atoms with van der Waals surface area (Å²) in [6, 6.07) is 14.4. The van der Waals surface area contributed by atoms with Crippen molar-refractivity contribution in [1.82, 2.24) is 4.90 Å². The number of ether oxygens (including phenoxy) is 2. The number of benzene rings is 3. The van der Waals surface area contributed by atoms with Crippen LogP contribution in [-0.2, 0) is 13.1 Å². The molecule has 3 aromatic carbocycles. The van der Waals surface area contributed by atoms with Gasteiger partial charge in [0.2, 0.25) is 0 Å². The Morgan fingerprint density at radius 2 is 1.82 bits per heavy atom. The largest absolute Gasteiger partial charge is 0.508 e. The van der Waals surface area contributed by atoms with Crippen molar-refractivity contribution < 1.29 is 23.4 Å². The molecule has 3 aromatic rings. The molecule has 0 radical (unpaired) electrons. The van der Waals surface area contributed by atoms with Crippen LogP contribution in [0.2, 0.25) is 0 Å². The summed E-state index contributed by atoms with van der Waals surface area (Å²) in [4.78, 5) is 2.03. The number of rotatable bonds is 7. The van der Waals surface area contributed by atoms with Gasteiger partial charge in [0.15, 0.2) is 11.5 Å². The molecule has 0 heterocycles. The van der Waals surface area contributed by atoms with Gasteiger partial charge in [-0.05, 0) is 53.7 Å².